The minimum absolute atomic E-state index is 0.187. The molecule has 0 radical (unpaired) electrons. The first-order valence-electron chi connectivity index (χ1n) is 8.40. The van der Waals surface area contributed by atoms with Gasteiger partial charge in [0.25, 0.3) is 5.91 Å². The lowest BCUT2D eigenvalue weighted by Crippen LogP contribution is -2.35. The number of ether oxygens (including phenoxy) is 1. The zero-order valence-corrected chi connectivity index (χ0v) is 16.4. The standard InChI is InChI=1S/C20H22N2O4S/c1-15-5-6-17(13-16(15)2)22(12-4-11-21)20(23)14-26-18-7-9-19(10-8-18)27(3,24)25/h5-10,13H,4,12,14H2,1-3H3. The fourth-order valence-corrected chi connectivity index (χ4v) is 3.09. The first kappa shape index (κ1) is 20.5. The van der Waals surface area contributed by atoms with Crippen molar-refractivity contribution < 1.29 is 17.9 Å². The summed E-state index contributed by atoms with van der Waals surface area (Å²) >= 11 is 0. The SMILES string of the molecule is Cc1ccc(N(CCC#N)C(=O)COc2ccc(S(C)(=O)=O)cc2)cc1C. The van der Waals surface area contributed by atoms with Crippen molar-refractivity contribution in [3.8, 4) is 11.8 Å². The molecule has 1 amide bonds. The van der Waals surface area contributed by atoms with Crippen LogP contribution in [0.15, 0.2) is 47.4 Å². The van der Waals surface area contributed by atoms with Gasteiger partial charge in [-0.15, -0.1) is 0 Å². The van der Waals surface area contributed by atoms with Gasteiger partial charge in [-0.05, 0) is 61.4 Å². The van der Waals surface area contributed by atoms with E-state index in [1.54, 1.807) is 0 Å². The molecular weight excluding hydrogens is 364 g/mol. The molecule has 0 aliphatic carbocycles. The summed E-state index contributed by atoms with van der Waals surface area (Å²) < 4.78 is 28.5. The van der Waals surface area contributed by atoms with E-state index in [0.717, 1.165) is 23.1 Å². The van der Waals surface area contributed by atoms with Crippen molar-refractivity contribution in [3.05, 3.63) is 53.6 Å². The first-order chi connectivity index (χ1) is 12.7. The highest BCUT2D eigenvalue weighted by atomic mass is 32.2. The van der Waals surface area contributed by atoms with Gasteiger partial charge in [0.1, 0.15) is 5.75 Å². The minimum Gasteiger partial charge on any atom is -0.484 e. The Morgan fingerprint density at radius 3 is 2.33 bits per heavy atom. The summed E-state index contributed by atoms with van der Waals surface area (Å²) in [5, 5.41) is 8.87. The predicted molar refractivity (Wildman–Crippen MR) is 104 cm³/mol. The quantitative estimate of drug-likeness (QED) is 0.730. The maximum Gasteiger partial charge on any atom is 0.264 e. The van der Waals surface area contributed by atoms with Crippen molar-refractivity contribution in [1.29, 1.82) is 5.26 Å². The number of carbonyl (C=O) groups is 1. The first-order valence-corrected chi connectivity index (χ1v) is 10.3. The Bertz CT molecular complexity index is 960. The molecule has 0 bridgehead atoms. The number of rotatable bonds is 7. The van der Waals surface area contributed by atoms with Gasteiger partial charge in [-0.25, -0.2) is 8.42 Å². The molecule has 2 aromatic carbocycles. The number of hydrogen-bond acceptors (Lipinski definition) is 5. The molecule has 0 aliphatic heterocycles. The second-order valence-electron chi connectivity index (χ2n) is 6.25. The number of anilines is 1. The molecule has 0 aliphatic rings. The number of carbonyl (C=O) groups excluding carboxylic acids is 1. The third-order valence-corrected chi connectivity index (χ3v) is 5.29. The van der Waals surface area contributed by atoms with Crippen LogP contribution in [0.4, 0.5) is 5.69 Å². The number of aryl methyl sites for hydroxylation is 2. The molecule has 0 saturated carbocycles. The van der Waals surface area contributed by atoms with Crippen LogP contribution in [-0.4, -0.2) is 33.7 Å². The zero-order chi connectivity index (χ0) is 20.0. The second kappa shape index (κ2) is 8.69. The van der Waals surface area contributed by atoms with Gasteiger partial charge in [0, 0.05) is 18.5 Å². The summed E-state index contributed by atoms with van der Waals surface area (Å²) in [6.45, 7) is 4.01. The van der Waals surface area contributed by atoms with Crippen molar-refractivity contribution in [2.45, 2.75) is 25.2 Å². The van der Waals surface area contributed by atoms with Crippen LogP contribution in [0.3, 0.4) is 0 Å². The van der Waals surface area contributed by atoms with E-state index in [1.807, 2.05) is 32.0 Å². The number of sulfone groups is 1. The van der Waals surface area contributed by atoms with E-state index >= 15 is 0 Å². The molecule has 7 heteroatoms. The van der Waals surface area contributed by atoms with Crippen LogP contribution in [0.25, 0.3) is 0 Å². The van der Waals surface area contributed by atoms with E-state index in [1.165, 1.54) is 29.2 Å². The van der Waals surface area contributed by atoms with Gasteiger partial charge in [0.05, 0.1) is 17.4 Å². The van der Waals surface area contributed by atoms with Crippen LogP contribution in [0.5, 0.6) is 5.75 Å². The highest BCUT2D eigenvalue weighted by Crippen LogP contribution is 2.20. The molecule has 0 heterocycles. The van der Waals surface area contributed by atoms with Crippen LogP contribution in [0.1, 0.15) is 17.5 Å². The largest absolute Gasteiger partial charge is 0.484 e. The molecule has 0 spiro atoms. The van der Waals surface area contributed by atoms with Gasteiger partial charge < -0.3 is 9.64 Å². The third-order valence-electron chi connectivity index (χ3n) is 4.16. The van der Waals surface area contributed by atoms with E-state index in [9.17, 15) is 13.2 Å². The van der Waals surface area contributed by atoms with E-state index in [-0.39, 0.29) is 30.4 Å². The smallest absolute Gasteiger partial charge is 0.264 e. The van der Waals surface area contributed by atoms with Gasteiger partial charge in [-0.3, -0.25) is 4.79 Å². The average molecular weight is 386 g/mol. The van der Waals surface area contributed by atoms with Crippen LogP contribution in [0.2, 0.25) is 0 Å². The molecule has 142 valence electrons. The Morgan fingerprint density at radius 1 is 1.11 bits per heavy atom. The molecule has 2 aromatic rings. The maximum atomic E-state index is 12.6. The summed E-state index contributed by atoms with van der Waals surface area (Å²) in [6.07, 6.45) is 1.34. The molecule has 27 heavy (non-hydrogen) atoms. The number of nitriles is 1. The lowest BCUT2D eigenvalue weighted by Gasteiger charge is -2.23. The predicted octanol–water partition coefficient (Wildman–Crippen LogP) is 3.03. The summed E-state index contributed by atoms with van der Waals surface area (Å²) in [5.41, 5.74) is 2.89. The Balaban J connectivity index is 2.11. The van der Waals surface area contributed by atoms with Gasteiger partial charge in [0.15, 0.2) is 16.4 Å². The van der Waals surface area contributed by atoms with Crippen LogP contribution >= 0.6 is 0 Å². The van der Waals surface area contributed by atoms with E-state index in [0.29, 0.717) is 5.75 Å². The Hall–Kier alpha value is -2.85. The summed E-state index contributed by atoms with van der Waals surface area (Å²) in [5.74, 6) is 0.122. The van der Waals surface area contributed by atoms with Crippen molar-refractivity contribution in [2.24, 2.45) is 0 Å². The van der Waals surface area contributed by atoms with Crippen molar-refractivity contribution in [1.82, 2.24) is 0 Å². The highest BCUT2D eigenvalue weighted by Gasteiger charge is 2.17. The Morgan fingerprint density at radius 2 is 1.78 bits per heavy atom. The maximum absolute atomic E-state index is 12.6. The normalized spacial score (nSPS) is 10.9. The monoisotopic (exact) mass is 386 g/mol. The Labute approximate surface area is 159 Å². The molecule has 0 fully saturated rings. The second-order valence-corrected chi connectivity index (χ2v) is 8.27. The van der Waals surface area contributed by atoms with E-state index in [4.69, 9.17) is 10.00 Å². The third kappa shape index (κ3) is 5.56. The molecule has 0 atom stereocenters. The molecule has 0 saturated heterocycles. The molecular formula is C20H22N2O4S. The van der Waals surface area contributed by atoms with E-state index in [2.05, 4.69) is 6.07 Å². The lowest BCUT2D eigenvalue weighted by atomic mass is 10.1. The van der Waals surface area contributed by atoms with Crippen LogP contribution in [-0.2, 0) is 14.6 Å². The van der Waals surface area contributed by atoms with Crippen molar-refractivity contribution in [3.63, 3.8) is 0 Å². The topological polar surface area (TPSA) is 87.5 Å². The molecule has 0 N–H and O–H groups in total. The van der Waals surface area contributed by atoms with Gasteiger partial charge >= 0.3 is 0 Å². The Kier molecular flexibility index (Phi) is 6.59. The van der Waals surface area contributed by atoms with Crippen LogP contribution < -0.4 is 9.64 Å². The molecule has 6 nitrogen and oxygen atoms in total. The summed E-state index contributed by atoms with van der Waals surface area (Å²) in [4.78, 5) is 14.4. The van der Waals surface area contributed by atoms with E-state index < -0.39 is 9.84 Å². The van der Waals surface area contributed by atoms with Gasteiger partial charge in [0.2, 0.25) is 0 Å². The average Bonchev–Trinajstić information content (AvgIpc) is 2.62. The zero-order valence-electron chi connectivity index (χ0n) is 15.6. The van der Waals surface area contributed by atoms with Crippen molar-refractivity contribution >= 4 is 21.4 Å². The van der Waals surface area contributed by atoms with Crippen LogP contribution in [0, 0.1) is 25.2 Å². The lowest BCUT2D eigenvalue weighted by molar-refractivity contribution is -0.120. The van der Waals surface area contributed by atoms with Gasteiger partial charge in [-0.1, -0.05) is 6.07 Å². The van der Waals surface area contributed by atoms with Crippen molar-refractivity contribution in [2.75, 3.05) is 24.3 Å². The number of nitrogens with zero attached hydrogens (tertiary/aromatic N) is 2. The highest BCUT2D eigenvalue weighted by molar-refractivity contribution is 7.90. The number of amides is 1. The minimum atomic E-state index is -3.28. The molecule has 2 rings (SSSR count). The summed E-state index contributed by atoms with van der Waals surface area (Å²) in [7, 11) is -3.28. The molecule has 0 aromatic heterocycles. The fourth-order valence-electron chi connectivity index (χ4n) is 2.46. The fraction of sp³-hybridized carbons (Fsp3) is 0.300. The number of hydrogen-bond donors (Lipinski definition) is 0. The van der Waals surface area contributed by atoms with Gasteiger partial charge in [-0.2, -0.15) is 5.26 Å². The molecule has 0 unspecified atom stereocenters. The number of benzene rings is 2. The summed E-state index contributed by atoms with van der Waals surface area (Å²) in [6, 6.07) is 13.6.